The Bertz CT molecular complexity index is 364. The van der Waals surface area contributed by atoms with Crippen LogP contribution in [0, 0.1) is 5.41 Å². The molecule has 0 fully saturated rings. The summed E-state index contributed by atoms with van der Waals surface area (Å²) in [6.07, 6.45) is 11.1. The first-order chi connectivity index (χ1) is 8.64. The van der Waals surface area contributed by atoms with Gasteiger partial charge in [-0.05, 0) is 12.8 Å². The second-order valence-corrected chi connectivity index (χ2v) is 5.19. The van der Waals surface area contributed by atoms with Crippen LogP contribution in [0.25, 0.3) is 0 Å². The molecule has 100 valence electrons. The third kappa shape index (κ3) is 3.90. The second-order valence-electron chi connectivity index (χ2n) is 5.19. The topological polar surface area (TPSA) is 42.9 Å². The summed E-state index contributed by atoms with van der Waals surface area (Å²) >= 11 is 0. The summed E-state index contributed by atoms with van der Waals surface area (Å²) in [4.78, 5) is 20.7. The number of Topliss-reactive ketones (excluding diaryl/α,β-unsaturated/α-hetero) is 1. The van der Waals surface area contributed by atoms with Gasteiger partial charge in [-0.1, -0.05) is 46.5 Å². The molecule has 0 saturated carbocycles. The van der Waals surface area contributed by atoms with Crippen LogP contribution in [0.3, 0.4) is 0 Å². The summed E-state index contributed by atoms with van der Waals surface area (Å²) in [5.74, 6) is 0.147. The highest BCUT2D eigenvalue weighted by atomic mass is 16.1. The van der Waals surface area contributed by atoms with Gasteiger partial charge in [-0.2, -0.15) is 0 Å². The zero-order chi connectivity index (χ0) is 13.4. The highest BCUT2D eigenvalue weighted by Gasteiger charge is 2.33. The van der Waals surface area contributed by atoms with E-state index in [1.54, 1.807) is 18.6 Å². The fraction of sp³-hybridized carbons (Fsp3) is 0.667. The van der Waals surface area contributed by atoms with Crippen LogP contribution in [0.15, 0.2) is 18.6 Å². The average molecular weight is 248 g/mol. The second kappa shape index (κ2) is 7.24. The van der Waals surface area contributed by atoms with Gasteiger partial charge in [0, 0.05) is 17.8 Å². The molecule has 0 aliphatic heterocycles. The van der Waals surface area contributed by atoms with Gasteiger partial charge in [0.1, 0.15) is 5.69 Å². The summed E-state index contributed by atoms with van der Waals surface area (Å²) in [6.45, 7) is 6.38. The van der Waals surface area contributed by atoms with E-state index in [0.29, 0.717) is 5.69 Å². The average Bonchev–Trinajstić information content (AvgIpc) is 2.39. The van der Waals surface area contributed by atoms with Gasteiger partial charge in [0.2, 0.25) is 0 Å². The zero-order valence-electron chi connectivity index (χ0n) is 11.8. The molecule has 3 heteroatoms. The molecule has 0 amide bonds. The number of hydrogen-bond acceptors (Lipinski definition) is 3. The van der Waals surface area contributed by atoms with Crippen LogP contribution in [-0.4, -0.2) is 15.8 Å². The summed E-state index contributed by atoms with van der Waals surface area (Å²) in [5.41, 5.74) is 0.227. The number of hydrogen-bond donors (Lipinski definition) is 0. The fourth-order valence-electron chi connectivity index (χ4n) is 2.39. The quantitative estimate of drug-likeness (QED) is 0.515. The van der Waals surface area contributed by atoms with Crippen LogP contribution in [-0.2, 0) is 0 Å². The van der Waals surface area contributed by atoms with Crippen molar-refractivity contribution in [1.29, 1.82) is 0 Å². The SMILES string of the molecule is CCCCCC(C)(CCC)C(=O)c1cnccn1. The molecule has 1 aromatic rings. The van der Waals surface area contributed by atoms with E-state index in [-0.39, 0.29) is 11.2 Å². The zero-order valence-corrected chi connectivity index (χ0v) is 11.8. The van der Waals surface area contributed by atoms with Gasteiger partial charge in [-0.3, -0.25) is 9.78 Å². The molecule has 0 spiro atoms. The predicted octanol–water partition coefficient (Wildman–Crippen LogP) is 4.05. The van der Waals surface area contributed by atoms with Crippen molar-refractivity contribution in [1.82, 2.24) is 9.97 Å². The third-order valence-electron chi connectivity index (χ3n) is 3.48. The van der Waals surface area contributed by atoms with Gasteiger partial charge >= 0.3 is 0 Å². The van der Waals surface area contributed by atoms with Gasteiger partial charge < -0.3 is 0 Å². The van der Waals surface area contributed by atoms with Crippen molar-refractivity contribution in [3.8, 4) is 0 Å². The maximum atomic E-state index is 12.5. The Balaban J connectivity index is 2.79. The van der Waals surface area contributed by atoms with E-state index in [0.717, 1.165) is 25.7 Å². The van der Waals surface area contributed by atoms with Crippen LogP contribution in [0.2, 0.25) is 0 Å². The predicted molar refractivity (Wildman–Crippen MR) is 73.5 cm³/mol. The Hall–Kier alpha value is -1.25. The minimum Gasteiger partial charge on any atom is -0.292 e. The monoisotopic (exact) mass is 248 g/mol. The molecule has 1 heterocycles. The lowest BCUT2D eigenvalue weighted by molar-refractivity contribution is 0.0775. The normalized spacial score (nSPS) is 14.2. The molecule has 0 N–H and O–H groups in total. The number of aromatic nitrogens is 2. The lowest BCUT2D eigenvalue weighted by Gasteiger charge is -2.27. The van der Waals surface area contributed by atoms with Crippen molar-refractivity contribution in [2.75, 3.05) is 0 Å². The number of carbonyl (C=O) groups is 1. The summed E-state index contributed by atoms with van der Waals surface area (Å²) in [6, 6.07) is 0. The molecule has 1 aromatic heterocycles. The molecule has 18 heavy (non-hydrogen) atoms. The molecule has 1 rings (SSSR count). The van der Waals surface area contributed by atoms with E-state index in [9.17, 15) is 4.79 Å². The first-order valence-corrected chi connectivity index (χ1v) is 6.95. The molecule has 0 aliphatic rings. The van der Waals surface area contributed by atoms with Crippen LogP contribution in [0.4, 0.5) is 0 Å². The Morgan fingerprint density at radius 2 is 1.94 bits per heavy atom. The van der Waals surface area contributed by atoms with Gasteiger partial charge in [0.15, 0.2) is 5.78 Å². The molecule has 0 aliphatic carbocycles. The number of ketones is 1. The standard InChI is InChI=1S/C15H24N2O/c1-4-6-7-9-15(3,8-5-2)14(18)13-12-16-10-11-17-13/h10-12H,4-9H2,1-3H3. The molecular formula is C15H24N2O. The Morgan fingerprint density at radius 3 is 2.50 bits per heavy atom. The maximum absolute atomic E-state index is 12.5. The molecule has 0 aromatic carbocycles. The minimum atomic E-state index is -0.278. The summed E-state index contributed by atoms with van der Waals surface area (Å²) in [5, 5.41) is 0. The third-order valence-corrected chi connectivity index (χ3v) is 3.48. The van der Waals surface area contributed by atoms with Crippen molar-refractivity contribution in [3.05, 3.63) is 24.3 Å². The van der Waals surface area contributed by atoms with E-state index in [2.05, 4.69) is 30.7 Å². The van der Waals surface area contributed by atoms with Crippen molar-refractivity contribution in [3.63, 3.8) is 0 Å². The fourth-order valence-corrected chi connectivity index (χ4v) is 2.39. The smallest absolute Gasteiger partial charge is 0.188 e. The van der Waals surface area contributed by atoms with Gasteiger partial charge in [0.05, 0.1) is 6.20 Å². The summed E-state index contributed by atoms with van der Waals surface area (Å²) in [7, 11) is 0. The molecule has 1 unspecified atom stereocenters. The molecule has 3 nitrogen and oxygen atoms in total. The number of rotatable bonds is 8. The Kier molecular flexibility index (Phi) is 5.96. The Labute approximate surface area is 110 Å². The van der Waals surface area contributed by atoms with Crippen molar-refractivity contribution >= 4 is 5.78 Å². The van der Waals surface area contributed by atoms with Crippen LogP contribution in [0.5, 0.6) is 0 Å². The lowest BCUT2D eigenvalue weighted by Crippen LogP contribution is -2.28. The van der Waals surface area contributed by atoms with E-state index in [4.69, 9.17) is 0 Å². The first-order valence-electron chi connectivity index (χ1n) is 6.95. The molecule has 0 saturated heterocycles. The number of unbranched alkanes of at least 4 members (excludes halogenated alkanes) is 2. The number of carbonyl (C=O) groups excluding carboxylic acids is 1. The molecule has 0 bridgehead atoms. The molecule has 1 atom stereocenters. The van der Waals surface area contributed by atoms with E-state index >= 15 is 0 Å². The molecule has 0 radical (unpaired) electrons. The van der Waals surface area contributed by atoms with Crippen molar-refractivity contribution < 1.29 is 4.79 Å². The highest BCUT2D eigenvalue weighted by Crippen LogP contribution is 2.33. The van der Waals surface area contributed by atoms with Crippen LogP contribution < -0.4 is 0 Å². The van der Waals surface area contributed by atoms with E-state index in [1.807, 2.05) is 0 Å². The summed E-state index contributed by atoms with van der Waals surface area (Å²) < 4.78 is 0. The first kappa shape index (κ1) is 14.8. The highest BCUT2D eigenvalue weighted by molar-refractivity contribution is 5.98. The number of nitrogens with zero attached hydrogens (tertiary/aromatic N) is 2. The van der Waals surface area contributed by atoms with Crippen LogP contribution in [0.1, 0.15) is 69.8 Å². The lowest BCUT2D eigenvalue weighted by atomic mass is 9.76. The van der Waals surface area contributed by atoms with Gasteiger partial charge in [-0.15, -0.1) is 0 Å². The van der Waals surface area contributed by atoms with Crippen LogP contribution >= 0.6 is 0 Å². The minimum absolute atomic E-state index is 0.147. The van der Waals surface area contributed by atoms with E-state index in [1.165, 1.54) is 12.8 Å². The van der Waals surface area contributed by atoms with Crippen molar-refractivity contribution in [2.24, 2.45) is 5.41 Å². The molecular weight excluding hydrogens is 224 g/mol. The van der Waals surface area contributed by atoms with Crippen molar-refractivity contribution in [2.45, 2.75) is 59.3 Å². The maximum Gasteiger partial charge on any atom is 0.188 e. The Morgan fingerprint density at radius 1 is 1.17 bits per heavy atom. The van der Waals surface area contributed by atoms with Gasteiger partial charge in [-0.25, -0.2) is 4.98 Å². The van der Waals surface area contributed by atoms with E-state index < -0.39 is 0 Å². The largest absolute Gasteiger partial charge is 0.292 e. The van der Waals surface area contributed by atoms with Gasteiger partial charge in [0.25, 0.3) is 0 Å².